The number of nitrogens with two attached hydrogens (primary N) is 1. The van der Waals surface area contributed by atoms with Gasteiger partial charge in [-0.25, -0.2) is 0 Å². The van der Waals surface area contributed by atoms with Gasteiger partial charge in [-0.05, 0) is 44.6 Å². The van der Waals surface area contributed by atoms with Crippen LogP contribution in [0.4, 0.5) is 0 Å². The number of rotatable bonds is 3. The minimum absolute atomic E-state index is 0.301. The Balaban J connectivity index is 1.74. The van der Waals surface area contributed by atoms with Crippen molar-refractivity contribution < 1.29 is 4.79 Å². The fraction of sp³-hybridized carbons (Fsp3) is 0.917. The van der Waals surface area contributed by atoms with E-state index in [1.165, 1.54) is 19.3 Å². The highest BCUT2D eigenvalue weighted by atomic mass is 16.1. The average molecular weight is 210 g/mol. The second-order valence-electron chi connectivity index (χ2n) is 5.10. The normalized spacial score (nSPS) is 32.1. The molecule has 0 aromatic carbocycles. The molecule has 0 aliphatic heterocycles. The first-order valence-electron chi connectivity index (χ1n) is 6.30. The third-order valence-electron chi connectivity index (χ3n) is 3.95. The lowest BCUT2D eigenvalue weighted by Gasteiger charge is -2.16. The van der Waals surface area contributed by atoms with E-state index < -0.39 is 0 Å². The van der Waals surface area contributed by atoms with Gasteiger partial charge in [0.15, 0.2) is 0 Å². The first kappa shape index (κ1) is 10.9. The van der Waals surface area contributed by atoms with Gasteiger partial charge in [0.05, 0.1) is 0 Å². The fourth-order valence-electron chi connectivity index (χ4n) is 2.93. The maximum Gasteiger partial charge on any atom is 0.223 e. The molecular formula is C12H22N2O. The highest BCUT2D eigenvalue weighted by Crippen LogP contribution is 2.27. The molecule has 2 atom stereocenters. The van der Waals surface area contributed by atoms with E-state index in [4.69, 9.17) is 5.73 Å². The van der Waals surface area contributed by atoms with Crippen molar-refractivity contribution >= 4 is 5.91 Å². The van der Waals surface area contributed by atoms with Gasteiger partial charge in [-0.15, -0.1) is 0 Å². The SMILES string of the molecule is NC[C@H]1CC[C@@H](NC(=O)C2CCCC2)C1. The highest BCUT2D eigenvalue weighted by Gasteiger charge is 2.28. The van der Waals surface area contributed by atoms with Gasteiger partial charge in [0, 0.05) is 12.0 Å². The van der Waals surface area contributed by atoms with Crippen LogP contribution >= 0.6 is 0 Å². The number of carbonyl (C=O) groups is 1. The molecule has 2 fully saturated rings. The lowest BCUT2D eigenvalue weighted by Crippen LogP contribution is -2.37. The van der Waals surface area contributed by atoms with Crippen molar-refractivity contribution in [3.8, 4) is 0 Å². The van der Waals surface area contributed by atoms with Gasteiger partial charge >= 0.3 is 0 Å². The summed E-state index contributed by atoms with van der Waals surface area (Å²) in [6.45, 7) is 0.774. The van der Waals surface area contributed by atoms with Crippen LogP contribution in [0.25, 0.3) is 0 Å². The van der Waals surface area contributed by atoms with Crippen molar-refractivity contribution in [2.45, 2.75) is 51.0 Å². The average Bonchev–Trinajstić information content (AvgIpc) is 2.87. The van der Waals surface area contributed by atoms with Crippen molar-refractivity contribution in [3.05, 3.63) is 0 Å². The molecular weight excluding hydrogens is 188 g/mol. The predicted molar refractivity (Wildman–Crippen MR) is 60.3 cm³/mol. The second kappa shape index (κ2) is 4.97. The molecule has 0 saturated heterocycles. The fourth-order valence-corrected chi connectivity index (χ4v) is 2.93. The van der Waals surface area contributed by atoms with E-state index in [9.17, 15) is 4.79 Å². The summed E-state index contributed by atoms with van der Waals surface area (Å²) in [6.07, 6.45) is 8.06. The monoisotopic (exact) mass is 210 g/mol. The Kier molecular flexibility index (Phi) is 3.62. The third kappa shape index (κ3) is 2.71. The molecule has 0 spiro atoms. The summed E-state index contributed by atoms with van der Waals surface area (Å²) in [5.41, 5.74) is 5.64. The summed E-state index contributed by atoms with van der Waals surface area (Å²) in [7, 11) is 0. The van der Waals surface area contributed by atoms with Gasteiger partial charge in [-0.1, -0.05) is 12.8 Å². The molecule has 0 aromatic heterocycles. The van der Waals surface area contributed by atoms with Gasteiger partial charge in [-0.2, -0.15) is 0 Å². The molecule has 15 heavy (non-hydrogen) atoms. The van der Waals surface area contributed by atoms with Crippen LogP contribution < -0.4 is 11.1 Å². The van der Waals surface area contributed by atoms with E-state index in [-0.39, 0.29) is 0 Å². The number of carbonyl (C=O) groups excluding carboxylic acids is 1. The highest BCUT2D eigenvalue weighted by molar-refractivity contribution is 5.79. The Morgan fingerprint density at radius 2 is 1.93 bits per heavy atom. The van der Waals surface area contributed by atoms with E-state index >= 15 is 0 Å². The number of hydrogen-bond acceptors (Lipinski definition) is 2. The van der Waals surface area contributed by atoms with Gasteiger partial charge in [0.2, 0.25) is 5.91 Å². The molecule has 3 N–H and O–H groups in total. The zero-order chi connectivity index (χ0) is 10.7. The standard InChI is InChI=1S/C12H22N2O/c13-8-9-5-6-11(7-9)14-12(15)10-3-1-2-4-10/h9-11H,1-8,13H2,(H,14,15)/t9-,11+/m0/s1. The Bertz CT molecular complexity index is 224. The van der Waals surface area contributed by atoms with E-state index in [2.05, 4.69) is 5.32 Å². The van der Waals surface area contributed by atoms with Crippen LogP contribution in [0, 0.1) is 11.8 Å². The van der Waals surface area contributed by atoms with Crippen molar-refractivity contribution in [2.24, 2.45) is 17.6 Å². The zero-order valence-corrected chi connectivity index (χ0v) is 9.37. The van der Waals surface area contributed by atoms with E-state index in [0.717, 1.165) is 32.2 Å². The molecule has 3 nitrogen and oxygen atoms in total. The van der Waals surface area contributed by atoms with E-state index in [0.29, 0.717) is 23.8 Å². The lowest BCUT2D eigenvalue weighted by atomic mass is 10.1. The molecule has 2 saturated carbocycles. The van der Waals surface area contributed by atoms with E-state index in [1.807, 2.05) is 0 Å². The van der Waals surface area contributed by atoms with Crippen LogP contribution in [0.3, 0.4) is 0 Å². The van der Waals surface area contributed by atoms with Gasteiger partial charge in [-0.3, -0.25) is 4.79 Å². The maximum absolute atomic E-state index is 11.9. The largest absolute Gasteiger partial charge is 0.353 e. The lowest BCUT2D eigenvalue weighted by molar-refractivity contribution is -0.125. The Labute approximate surface area is 91.8 Å². The minimum Gasteiger partial charge on any atom is -0.353 e. The Morgan fingerprint density at radius 3 is 2.53 bits per heavy atom. The third-order valence-corrected chi connectivity index (χ3v) is 3.95. The molecule has 0 unspecified atom stereocenters. The first-order chi connectivity index (χ1) is 7.29. The molecule has 86 valence electrons. The molecule has 0 bridgehead atoms. The molecule has 2 aliphatic rings. The van der Waals surface area contributed by atoms with Crippen molar-refractivity contribution in [1.29, 1.82) is 0 Å². The molecule has 0 heterocycles. The number of amides is 1. The molecule has 2 rings (SSSR count). The van der Waals surface area contributed by atoms with Crippen molar-refractivity contribution in [2.75, 3.05) is 6.54 Å². The zero-order valence-electron chi connectivity index (χ0n) is 9.37. The molecule has 0 radical (unpaired) electrons. The van der Waals surface area contributed by atoms with Crippen molar-refractivity contribution in [3.63, 3.8) is 0 Å². The molecule has 3 heteroatoms. The van der Waals surface area contributed by atoms with Crippen LogP contribution in [0.15, 0.2) is 0 Å². The molecule has 2 aliphatic carbocycles. The van der Waals surface area contributed by atoms with Gasteiger partial charge in [0.25, 0.3) is 0 Å². The summed E-state index contributed by atoms with van der Waals surface area (Å²) in [5, 5.41) is 3.19. The summed E-state index contributed by atoms with van der Waals surface area (Å²) < 4.78 is 0. The van der Waals surface area contributed by atoms with E-state index in [1.54, 1.807) is 0 Å². The summed E-state index contributed by atoms with van der Waals surface area (Å²) in [5.74, 6) is 1.25. The summed E-state index contributed by atoms with van der Waals surface area (Å²) in [6, 6.07) is 0.409. The quantitative estimate of drug-likeness (QED) is 0.740. The Hall–Kier alpha value is -0.570. The smallest absolute Gasteiger partial charge is 0.223 e. The van der Waals surface area contributed by atoms with Crippen LogP contribution in [0.2, 0.25) is 0 Å². The topological polar surface area (TPSA) is 55.1 Å². The first-order valence-corrected chi connectivity index (χ1v) is 6.30. The maximum atomic E-state index is 11.9. The summed E-state index contributed by atoms with van der Waals surface area (Å²) >= 11 is 0. The summed E-state index contributed by atoms with van der Waals surface area (Å²) in [4.78, 5) is 11.9. The number of hydrogen-bond donors (Lipinski definition) is 2. The van der Waals surface area contributed by atoms with Crippen LogP contribution in [0.5, 0.6) is 0 Å². The van der Waals surface area contributed by atoms with Gasteiger partial charge < -0.3 is 11.1 Å². The van der Waals surface area contributed by atoms with Crippen LogP contribution in [0.1, 0.15) is 44.9 Å². The molecule has 1 amide bonds. The van der Waals surface area contributed by atoms with Crippen LogP contribution in [-0.4, -0.2) is 18.5 Å². The van der Waals surface area contributed by atoms with Crippen LogP contribution in [-0.2, 0) is 4.79 Å². The minimum atomic E-state index is 0.301. The second-order valence-corrected chi connectivity index (χ2v) is 5.10. The Morgan fingerprint density at radius 1 is 1.20 bits per heavy atom. The van der Waals surface area contributed by atoms with Crippen molar-refractivity contribution in [1.82, 2.24) is 5.32 Å². The van der Waals surface area contributed by atoms with Gasteiger partial charge in [0.1, 0.15) is 0 Å². The number of nitrogens with one attached hydrogen (secondary N) is 1. The molecule has 0 aromatic rings. The predicted octanol–water partition coefficient (Wildman–Crippen LogP) is 1.42.